The lowest BCUT2D eigenvalue weighted by atomic mass is 10.2. The Morgan fingerprint density at radius 3 is 2.75 bits per heavy atom. The van der Waals surface area contributed by atoms with Crippen molar-refractivity contribution < 1.29 is 9.32 Å². The average Bonchev–Trinajstić information content (AvgIpc) is 3.42. The van der Waals surface area contributed by atoms with Gasteiger partial charge in [0, 0.05) is 49.5 Å². The molecule has 4 heterocycles. The molecule has 9 heteroatoms. The second-order valence-electron chi connectivity index (χ2n) is 6.45. The summed E-state index contributed by atoms with van der Waals surface area (Å²) >= 11 is 1.50. The maximum Gasteiger partial charge on any atom is 0.316 e. The van der Waals surface area contributed by atoms with E-state index in [2.05, 4.69) is 36.5 Å². The van der Waals surface area contributed by atoms with Crippen LogP contribution in [0.3, 0.4) is 0 Å². The van der Waals surface area contributed by atoms with Crippen molar-refractivity contribution in [2.24, 2.45) is 0 Å². The Labute approximate surface area is 164 Å². The lowest BCUT2D eigenvalue weighted by Gasteiger charge is -2.34. The molecule has 28 heavy (non-hydrogen) atoms. The number of carbonyl (C=O) groups excluding carboxylic acids is 1. The summed E-state index contributed by atoms with van der Waals surface area (Å²) < 4.78 is 11.0. The molecule has 0 bridgehead atoms. The van der Waals surface area contributed by atoms with Gasteiger partial charge in [-0.2, -0.15) is 9.36 Å². The van der Waals surface area contributed by atoms with Crippen molar-refractivity contribution in [3.05, 3.63) is 54.7 Å². The van der Waals surface area contributed by atoms with Gasteiger partial charge in [0.1, 0.15) is 5.82 Å². The van der Waals surface area contributed by atoms with Gasteiger partial charge in [-0.3, -0.25) is 9.78 Å². The zero-order chi connectivity index (χ0) is 18.9. The predicted octanol–water partition coefficient (Wildman–Crippen LogP) is 2.70. The van der Waals surface area contributed by atoms with Crippen molar-refractivity contribution >= 4 is 33.3 Å². The fourth-order valence-corrected chi connectivity index (χ4v) is 4.08. The number of rotatable bonds is 3. The first-order valence-corrected chi connectivity index (χ1v) is 9.70. The van der Waals surface area contributed by atoms with Gasteiger partial charge in [-0.15, -0.1) is 0 Å². The Bertz CT molecular complexity index is 1120. The molecule has 1 aliphatic rings. The molecule has 0 N–H and O–H groups in total. The minimum Gasteiger partial charge on any atom is -0.352 e. The molecule has 0 atom stereocenters. The van der Waals surface area contributed by atoms with E-state index in [1.165, 1.54) is 16.2 Å². The van der Waals surface area contributed by atoms with Gasteiger partial charge in [-0.25, -0.2) is 0 Å². The van der Waals surface area contributed by atoms with Crippen molar-refractivity contribution in [3.63, 3.8) is 0 Å². The highest BCUT2D eigenvalue weighted by atomic mass is 32.1. The number of piperazine rings is 1. The van der Waals surface area contributed by atoms with E-state index in [0.717, 1.165) is 11.2 Å². The van der Waals surface area contributed by atoms with Crippen LogP contribution in [0.4, 0.5) is 5.82 Å². The van der Waals surface area contributed by atoms with E-state index in [1.807, 2.05) is 18.2 Å². The van der Waals surface area contributed by atoms with E-state index < -0.39 is 0 Å². The van der Waals surface area contributed by atoms with E-state index in [-0.39, 0.29) is 11.8 Å². The van der Waals surface area contributed by atoms with Crippen molar-refractivity contribution in [1.29, 1.82) is 0 Å². The van der Waals surface area contributed by atoms with Crippen LogP contribution in [0.2, 0.25) is 0 Å². The quantitative estimate of drug-likeness (QED) is 0.530. The summed E-state index contributed by atoms with van der Waals surface area (Å²) in [5, 5.41) is 5.06. The predicted molar refractivity (Wildman–Crippen MR) is 105 cm³/mol. The summed E-state index contributed by atoms with van der Waals surface area (Å²) in [5.41, 5.74) is 0.713. The number of amides is 1. The Hall–Kier alpha value is -3.33. The van der Waals surface area contributed by atoms with Gasteiger partial charge >= 0.3 is 11.8 Å². The normalized spacial score (nSPS) is 14.6. The van der Waals surface area contributed by atoms with Gasteiger partial charge in [-0.1, -0.05) is 17.3 Å². The van der Waals surface area contributed by atoms with Crippen LogP contribution in [0.15, 0.2) is 53.3 Å². The van der Waals surface area contributed by atoms with Gasteiger partial charge in [0.25, 0.3) is 0 Å². The first-order chi connectivity index (χ1) is 13.8. The lowest BCUT2D eigenvalue weighted by Crippen LogP contribution is -2.49. The van der Waals surface area contributed by atoms with Crippen LogP contribution in [0.5, 0.6) is 0 Å². The van der Waals surface area contributed by atoms with Crippen molar-refractivity contribution in [2.75, 3.05) is 31.1 Å². The molecule has 4 aromatic rings. The third kappa shape index (κ3) is 2.99. The molecular weight excluding hydrogens is 376 g/mol. The molecule has 8 nitrogen and oxygen atoms in total. The SMILES string of the molecule is O=C(c1nc(-c2cccnc2)no1)N1CCN(c2nsc3ccccc23)CC1. The minimum atomic E-state index is -0.245. The van der Waals surface area contributed by atoms with Crippen LogP contribution < -0.4 is 4.90 Å². The molecule has 0 unspecified atom stereocenters. The molecule has 3 aromatic heterocycles. The fourth-order valence-electron chi connectivity index (χ4n) is 3.28. The lowest BCUT2D eigenvalue weighted by molar-refractivity contribution is 0.0696. The molecule has 5 rings (SSSR count). The second kappa shape index (κ2) is 7.01. The topological polar surface area (TPSA) is 88.2 Å². The summed E-state index contributed by atoms with van der Waals surface area (Å²) in [6.07, 6.45) is 3.30. The van der Waals surface area contributed by atoms with Crippen LogP contribution in [0.1, 0.15) is 10.7 Å². The molecule has 1 saturated heterocycles. The number of hydrogen-bond donors (Lipinski definition) is 0. The van der Waals surface area contributed by atoms with Gasteiger partial charge < -0.3 is 14.3 Å². The maximum absolute atomic E-state index is 12.7. The molecule has 140 valence electrons. The largest absolute Gasteiger partial charge is 0.352 e. The average molecular weight is 392 g/mol. The van der Waals surface area contributed by atoms with E-state index >= 15 is 0 Å². The van der Waals surface area contributed by atoms with Crippen LogP contribution >= 0.6 is 11.5 Å². The van der Waals surface area contributed by atoms with Crippen LogP contribution in [-0.4, -0.2) is 56.5 Å². The molecule has 1 amide bonds. The van der Waals surface area contributed by atoms with Crippen LogP contribution in [0.25, 0.3) is 21.5 Å². The molecule has 1 fully saturated rings. The minimum absolute atomic E-state index is 0.00594. The molecule has 0 aliphatic carbocycles. The number of hydrogen-bond acceptors (Lipinski definition) is 8. The number of aromatic nitrogens is 4. The molecular formula is C19H16N6O2S. The number of anilines is 1. The Kier molecular flexibility index (Phi) is 4.21. The third-order valence-electron chi connectivity index (χ3n) is 4.75. The number of nitrogens with zero attached hydrogens (tertiary/aromatic N) is 6. The summed E-state index contributed by atoms with van der Waals surface area (Å²) in [4.78, 5) is 25.0. The van der Waals surface area contributed by atoms with Crippen LogP contribution in [0, 0.1) is 0 Å². The van der Waals surface area contributed by atoms with Gasteiger partial charge in [0.05, 0.1) is 4.70 Å². The highest BCUT2D eigenvalue weighted by molar-refractivity contribution is 7.13. The van der Waals surface area contributed by atoms with E-state index in [0.29, 0.717) is 37.6 Å². The zero-order valence-corrected chi connectivity index (χ0v) is 15.7. The molecule has 0 radical (unpaired) electrons. The Morgan fingerprint density at radius 2 is 1.93 bits per heavy atom. The summed E-state index contributed by atoms with van der Waals surface area (Å²) in [6, 6.07) is 11.8. The highest BCUT2D eigenvalue weighted by Gasteiger charge is 2.27. The first-order valence-electron chi connectivity index (χ1n) is 8.92. The van der Waals surface area contributed by atoms with E-state index in [1.54, 1.807) is 23.4 Å². The summed E-state index contributed by atoms with van der Waals surface area (Å²) in [7, 11) is 0. The summed E-state index contributed by atoms with van der Waals surface area (Å²) in [6.45, 7) is 2.58. The summed E-state index contributed by atoms with van der Waals surface area (Å²) in [5.74, 6) is 1.12. The highest BCUT2D eigenvalue weighted by Crippen LogP contribution is 2.30. The smallest absolute Gasteiger partial charge is 0.316 e. The van der Waals surface area contributed by atoms with E-state index in [9.17, 15) is 4.79 Å². The van der Waals surface area contributed by atoms with Gasteiger partial charge in [-0.05, 0) is 35.8 Å². The molecule has 0 spiro atoms. The van der Waals surface area contributed by atoms with Crippen molar-refractivity contribution in [2.45, 2.75) is 0 Å². The number of carbonyl (C=O) groups is 1. The van der Waals surface area contributed by atoms with Gasteiger partial charge in [0.2, 0.25) is 5.82 Å². The van der Waals surface area contributed by atoms with Crippen molar-refractivity contribution in [1.82, 2.24) is 24.4 Å². The Morgan fingerprint density at radius 1 is 1.07 bits per heavy atom. The molecule has 0 saturated carbocycles. The van der Waals surface area contributed by atoms with Crippen LogP contribution in [-0.2, 0) is 0 Å². The maximum atomic E-state index is 12.7. The van der Waals surface area contributed by atoms with Crippen molar-refractivity contribution in [3.8, 4) is 11.4 Å². The zero-order valence-electron chi connectivity index (χ0n) is 14.9. The fraction of sp³-hybridized carbons (Fsp3) is 0.211. The Balaban J connectivity index is 1.28. The molecule has 1 aromatic carbocycles. The number of fused-ring (bicyclic) bond motifs is 1. The molecule has 1 aliphatic heterocycles. The standard InChI is InChI=1S/C19H16N6O2S/c26-19(18-21-16(22-27-18)13-4-3-7-20-12-13)25-10-8-24(9-11-25)17-14-5-1-2-6-15(14)28-23-17/h1-7,12H,8-11H2. The number of benzene rings is 1. The van der Waals surface area contributed by atoms with Gasteiger partial charge in [0.15, 0.2) is 0 Å². The number of pyridine rings is 1. The monoisotopic (exact) mass is 392 g/mol. The third-order valence-corrected chi connectivity index (χ3v) is 5.57. The first kappa shape index (κ1) is 16.8. The van der Waals surface area contributed by atoms with E-state index in [4.69, 9.17) is 4.52 Å². The second-order valence-corrected chi connectivity index (χ2v) is 7.25.